The van der Waals surface area contributed by atoms with Gasteiger partial charge in [0.05, 0.1) is 6.61 Å². The second-order valence-electron chi connectivity index (χ2n) is 2.77. The largest absolute Gasteiger partial charge is 0.461 e. The van der Waals surface area contributed by atoms with Crippen LogP contribution in [0, 0.1) is 10.1 Å². The molecule has 8 heteroatoms. The number of alkyl halides is 1. The van der Waals surface area contributed by atoms with Crippen LogP contribution in [0.3, 0.4) is 0 Å². The number of hydrogen-bond acceptors (Lipinski definition) is 6. The van der Waals surface area contributed by atoms with Crippen molar-refractivity contribution in [3.8, 4) is 5.75 Å². The van der Waals surface area contributed by atoms with Crippen molar-refractivity contribution in [1.82, 2.24) is 4.98 Å². The zero-order valence-corrected chi connectivity index (χ0v) is 8.83. The highest BCUT2D eigenvalue weighted by Crippen LogP contribution is 2.24. The summed E-state index contributed by atoms with van der Waals surface area (Å²) in [6.07, 6.45) is -1.26. The van der Waals surface area contributed by atoms with Gasteiger partial charge in [0.25, 0.3) is 0 Å². The lowest BCUT2D eigenvalue weighted by Gasteiger charge is -2.09. The fourth-order valence-corrected chi connectivity index (χ4v) is 0.979. The molecule has 0 aromatic carbocycles. The number of aromatic nitrogens is 1. The predicted octanol–water partition coefficient (Wildman–Crippen LogP) is 1.23. The summed E-state index contributed by atoms with van der Waals surface area (Å²) in [7, 11) is 0. The van der Waals surface area contributed by atoms with Crippen molar-refractivity contribution in [2.75, 3.05) is 6.61 Å². The molecule has 0 saturated carbocycles. The van der Waals surface area contributed by atoms with Crippen LogP contribution in [-0.2, 0) is 9.53 Å². The molecule has 0 saturated heterocycles. The maximum Gasteiger partial charge on any atom is 0.406 e. The van der Waals surface area contributed by atoms with Crippen LogP contribution >= 0.6 is 0 Å². The monoisotopic (exact) mass is 244 g/mol. The molecular weight excluding hydrogens is 235 g/mol. The SMILES string of the molecule is CCOC(=O)C(F)Oc1cccnc1[N+](=O)[O-]. The number of pyridine rings is 1. The van der Waals surface area contributed by atoms with Crippen molar-refractivity contribution in [2.45, 2.75) is 13.3 Å². The molecule has 0 bridgehead atoms. The van der Waals surface area contributed by atoms with Gasteiger partial charge in [-0.15, -0.1) is 0 Å². The molecule has 0 N–H and O–H groups in total. The number of ether oxygens (including phenoxy) is 2. The Morgan fingerprint density at radius 2 is 2.41 bits per heavy atom. The van der Waals surface area contributed by atoms with Crippen LogP contribution in [0.15, 0.2) is 18.3 Å². The Bertz CT molecular complexity index is 426. The minimum Gasteiger partial charge on any atom is -0.461 e. The van der Waals surface area contributed by atoms with E-state index in [0.717, 1.165) is 12.3 Å². The normalized spacial score (nSPS) is 11.6. The number of carbonyl (C=O) groups is 1. The summed E-state index contributed by atoms with van der Waals surface area (Å²) in [5, 5.41) is 10.5. The molecule has 0 spiro atoms. The molecule has 1 heterocycles. The van der Waals surface area contributed by atoms with Gasteiger partial charge >= 0.3 is 18.1 Å². The van der Waals surface area contributed by atoms with Crippen LogP contribution in [-0.4, -0.2) is 28.8 Å². The Morgan fingerprint density at radius 1 is 1.71 bits per heavy atom. The molecule has 7 nitrogen and oxygen atoms in total. The number of nitro groups is 1. The lowest BCUT2D eigenvalue weighted by Crippen LogP contribution is -2.25. The summed E-state index contributed by atoms with van der Waals surface area (Å²) in [6, 6.07) is 2.46. The van der Waals surface area contributed by atoms with E-state index >= 15 is 0 Å². The maximum atomic E-state index is 13.2. The van der Waals surface area contributed by atoms with E-state index < -0.39 is 28.8 Å². The average Bonchev–Trinajstić information content (AvgIpc) is 2.29. The second kappa shape index (κ2) is 5.73. The first-order valence-electron chi connectivity index (χ1n) is 4.63. The van der Waals surface area contributed by atoms with Crippen molar-refractivity contribution >= 4 is 11.8 Å². The van der Waals surface area contributed by atoms with E-state index in [0.29, 0.717) is 0 Å². The van der Waals surface area contributed by atoms with Gasteiger partial charge in [-0.25, -0.2) is 4.79 Å². The first-order chi connectivity index (χ1) is 8.06. The molecule has 17 heavy (non-hydrogen) atoms. The van der Waals surface area contributed by atoms with Crippen LogP contribution < -0.4 is 4.74 Å². The molecule has 1 atom stereocenters. The molecular formula is C9H9FN2O5. The van der Waals surface area contributed by atoms with Gasteiger partial charge in [-0.1, -0.05) is 0 Å². The molecule has 1 unspecified atom stereocenters. The number of hydrogen-bond donors (Lipinski definition) is 0. The van der Waals surface area contributed by atoms with Crippen molar-refractivity contribution < 1.29 is 23.6 Å². The highest BCUT2D eigenvalue weighted by molar-refractivity contribution is 5.73. The highest BCUT2D eigenvalue weighted by atomic mass is 19.1. The van der Waals surface area contributed by atoms with Gasteiger partial charge in [0.1, 0.15) is 6.20 Å². The van der Waals surface area contributed by atoms with Gasteiger partial charge in [-0.05, 0) is 29.0 Å². The Balaban J connectivity index is 2.81. The smallest absolute Gasteiger partial charge is 0.406 e. The van der Waals surface area contributed by atoms with E-state index in [4.69, 9.17) is 0 Å². The summed E-state index contributed by atoms with van der Waals surface area (Å²) in [6.45, 7) is 1.48. The zero-order chi connectivity index (χ0) is 12.8. The molecule has 1 rings (SSSR count). The second-order valence-corrected chi connectivity index (χ2v) is 2.77. The highest BCUT2D eigenvalue weighted by Gasteiger charge is 2.25. The minimum atomic E-state index is -2.42. The van der Waals surface area contributed by atoms with Crippen LogP contribution in [0.2, 0.25) is 0 Å². The van der Waals surface area contributed by atoms with Crippen LogP contribution in [0.25, 0.3) is 0 Å². The Labute approximate surface area is 95.3 Å². The third kappa shape index (κ3) is 3.37. The predicted molar refractivity (Wildman–Crippen MR) is 53.0 cm³/mol. The Hall–Kier alpha value is -2.25. The van der Waals surface area contributed by atoms with Crippen molar-refractivity contribution in [3.05, 3.63) is 28.4 Å². The zero-order valence-electron chi connectivity index (χ0n) is 8.83. The fraction of sp³-hybridized carbons (Fsp3) is 0.333. The standard InChI is InChI=1S/C9H9FN2O5/c1-2-16-9(13)7(10)17-6-4-3-5-11-8(6)12(14)15/h3-5,7H,2H2,1H3. The molecule has 0 aliphatic heterocycles. The third-order valence-corrected chi connectivity index (χ3v) is 1.63. The lowest BCUT2D eigenvalue weighted by molar-refractivity contribution is -0.390. The first-order valence-corrected chi connectivity index (χ1v) is 4.63. The summed E-state index contributed by atoms with van der Waals surface area (Å²) in [4.78, 5) is 24.0. The summed E-state index contributed by atoms with van der Waals surface area (Å²) in [5.41, 5.74) is 0. The summed E-state index contributed by atoms with van der Waals surface area (Å²) >= 11 is 0. The van der Waals surface area contributed by atoms with Crippen molar-refractivity contribution in [3.63, 3.8) is 0 Å². The van der Waals surface area contributed by atoms with Crippen LogP contribution in [0.5, 0.6) is 5.75 Å². The lowest BCUT2D eigenvalue weighted by atomic mass is 10.4. The number of nitrogens with zero attached hydrogens (tertiary/aromatic N) is 2. The van der Waals surface area contributed by atoms with E-state index in [9.17, 15) is 19.3 Å². The molecule has 0 radical (unpaired) electrons. The van der Waals surface area contributed by atoms with E-state index in [1.165, 1.54) is 13.0 Å². The Morgan fingerprint density at radius 3 is 3.00 bits per heavy atom. The number of rotatable bonds is 5. The van der Waals surface area contributed by atoms with Gasteiger partial charge in [-0.2, -0.15) is 4.39 Å². The number of esters is 1. The molecule has 0 fully saturated rings. The van der Waals surface area contributed by atoms with Gasteiger partial charge in [0.2, 0.25) is 5.75 Å². The molecule has 0 aliphatic rings. The number of carbonyl (C=O) groups excluding carboxylic acids is 1. The fourth-order valence-electron chi connectivity index (χ4n) is 0.979. The van der Waals surface area contributed by atoms with E-state index in [1.54, 1.807) is 0 Å². The minimum absolute atomic E-state index is 0.0161. The van der Waals surface area contributed by atoms with Crippen LogP contribution in [0.1, 0.15) is 6.92 Å². The molecule has 1 aromatic heterocycles. The molecule has 0 amide bonds. The van der Waals surface area contributed by atoms with Crippen molar-refractivity contribution in [2.24, 2.45) is 0 Å². The first kappa shape index (κ1) is 12.8. The van der Waals surface area contributed by atoms with Gasteiger partial charge in [0.15, 0.2) is 0 Å². The van der Waals surface area contributed by atoms with Gasteiger partial charge < -0.3 is 19.6 Å². The van der Waals surface area contributed by atoms with E-state index in [1.807, 2.05) is 0 Å². The summed E-state index contributed by atoms with van der Waals surface area (Å²) in [5.74, 6) is -2.34. The van der Waals surface area contributed by atoms with Crippen molar-refractivity contribution in [1.29, 1.82) is 0 Å². The number of halogens is 1. The quantitative estimate of drug-likeness (QED) is 0.439. The summed E-state index contributed by atoms with van der Waals surface area (Å²) < 4.78 is 22.0. The van der Waals surface area contributed by atoms with Gasteiger partial charge in [0, 0.05) is 0 Å². The third-order valence-electron chi connectivity index (χ3n) is 1.63. The topological polar surface area (TPSA) is 91.6 Å². The van der Waals surface area contributed by atoms with Crippen LogP contribution in [0.4, 0.5) is 10.2 Å². The maximum absolute atomic E-state index is 13.2. The van der Waals surface area contributed by atoms with Gasteiger partial charge in [-0.3, -0.25) is 0 Å². The molecule has 1 aromatic rings. The van der Waals surface area contributed by atoms with E-state index in [-0.39, 0.29) is 6.61 Å². The van der Waals surface area contributed by atoms with E-state index in [2.05, 4.69) is 14.5 Å². The average molecular weight is 244 g/mol. The molecule has 92 valence electrons. The molecule has 0 aliphatic carbocycles. The Kier molecular flexibility index (Phi) is 4.32.